The summed E-state index contributed by atoms with van der Waals surface area (Å²) in [6, 6.07) is 2.21. The topological polar surface area (TPSA) is 12.5 Å². The van der Waals surface area contributed by atoms with Gasteiger partial charge >= 0.3 is 0 Å². The minimum atomic E-state index is 0.724. The fourth-order valence-corrected chi connectivity index (χ4v) is 3.69. The predicted molar refractivity (Wildman–Crippen MR) is 71.9 cm³/mol. The number of hydrogen-bond acceptors (Lipinski definition) is 3. The van der Waals surface area contributed by atoms with Crippen LogP contribution in [-0.4, -0.2) is 31.7 Å². The average Bonchev–Trinajstić information content (AvgIpc) is 2.65. The summed E-state index contributed by atoms with van der Waals surface area (Å²) < 4.78 is 6.70. The fourth-order valence-electron chi connectivity index (χ4n) is 2.16. The monoisotopic (exact) mass is 303 g/mol. The Morgan fingerprint density at radius 3 is 3.12 bits per heavy atom. The maximum Gasteiger partial charge on any atom is 0.0506 e. The van der Waals surface area contributed by atoms with Crippen molar-refractivity contribution in [3.63, 3.8) is 0 Å². The Kier molecular flexibility index (Phi) is 4.82. The zero-order valence-corrected chi connectivity index (χ0v) is 12.0. The van der Waals surface area contributed by atoms with Crippen LogP contribution in [0.25, 0.3) is 0 Å². The molecule has 90 valence electrons. The SMILES string of the molecule is CN(Cc1cc(Br)cs1)CC1CCCOC1. The molecule has 1 saturated heterocycles. The molecule has 1 aliphatic rings. The number of ether oxygens (including phenoxy) is 1. The smallest absolute Gasteiger partial charge is 0.0506 e. The molecule has 0 aromatic carbocycles. The first-order valence-electron chi connectivity index (χ1n) is 5.73. The van der Waals surface area contributed by atoms with E-state index in [4.69, 9.17) is 4.74 Å². The third-order valence-corrected chi connectivity index (χ3v) is 4.55. The second-order valence-electron chi connectivity index (χ2n) is 4.51. The molecule has 1 fully saturated rings. The maximum atomic E-state index is 5.51. The van der Waals surface area contributed by atoms with Gasteiger partial charge in [-0.15, -0.1) is 11.3 Å². The van der Waals surface area contributed by atoms with Gasteiger partial charge in [-0.2, -0.15) is 0 Å². The molecule has 4 heteroatoms. The molecule has 0 amide bonds. The first-order chi connectivity index (χ1) is 7.74. The van der Waals surface area contributed by atoms with Crippen LogP contribution in [0.3, 0.4) is 0 Å². The van der Waals surface area contributed by atoms with E-state index in [1.54, 1.807) is 0 Å². The van der Waals surface area contributed by atoms with Crippen LogP contribution in [0.15, 0.2) is 15.9 Å². The molecule has 0 N–H and O–H groups in total. The van der Waals surface area contributed by atoms with Gasteiger partial charge in [0.25, 0.3) is 0 Å². The van der Waals surface area contributed by atoms with E-state index in [9.17, 15) is 0 Å². The highest BCUT2D eigenvalue weighted by Gasteiger charge is 2.16. The van der Waals surface area contributed by atoms with Crippen molar-refractivity contribution in [3.05, 3.63) is 20.8 Å². The first kappa shape index (κ1) is 12.6. The van der Waals surface area contributed by atoms with Gasteiger partial charge in [0.1, 0.15) is 0 Å². The van der Waals surface area contributed by atoms with Crippen LogP contribution >= 0.6 is 27.3 Å². The molecule has 0 aliphatic carbocycles. The van der Waals surface area contributed by atoms with Crippen molar-refractivity contribution in [3.8, 4) is 0 Å². The molecule has 1 unspecified atom stereocenters. The van der Waals surface area contributed by atoms with E-state index in [0.717, 1.165) is 32.2 Å². The van der Waals surface area contributed by atoms with E-state index >= 15 is 0 Å². The number of rotatable bonds is 4. The van der Waals surface area contributed by atoms with Crippen LogP contribution in [0.1, 0.15) is 17.7 Å². The lowest BCUT2D eigenvalue weighted by molar-refractivity contribution is 0.0413. The van der Waals surface area contributed by atoms with E-state index in [-0.39, 0.29) is 0 Å². The van der Waals surface area contributed by atoms with E-state index in [1.165, 1.54) is 22.2 Å². The Hall–Kier alpha value is 0.1000. The maximum absolute atomic E-state index is 5.51. The molecule has 0 radical (unpaired) electrons. The van der Waals surface area contributed by atoms with Crippen molar-refractivity contribution in [2.75, 3.05) is 26.8 Å². The second-order valence-corrected chi connectivity index (χ2v) is 6.42. The number of hydrogen-bond donors (Lipinski definition) is 0. The van der Waals surface area contributed by atoms with E-state index in [0.29, 0.717) is 0 Å². The third kappa shape index (κ3) is 3.84. The normalized spacial score (nSPS) is 21.6. The van der Waals surface area contributed by atoms with E-state index in [1.807, 2.05) is 11.3 Å². The van der Waals surface area contributed by atoms with Crippen molar-refractivity contribution in [1.82, 2.24) is 4.90 Å². The molecule has 2 nitrogen and oxygen atoms in total. The Morgan fingerprint density at radius 1 is 1.62 bits per heavy atom. The Bertz CT molecular complexity index is 323. The lowest BCUT2D eigenvalue weighted by Crippen LogP contribution is -2.30. The molecule has 16 heavy (non-hydrogen) atoms. The second kappa shape index (κ2) is 6.15. The zero-order chi connectivity index (χ0) is 11.4. The summed E-state index contributed by atoms with van der Waals surface area (Å²) in [6.07, 6.45) is 2.54. The van der Waals surface area contributed by atoms with Crippen molar-refractivity contribution >= 4 is 27.3 Å². The van der Waals surface area contributed by atoms with Crippen molar-refractivity contribution in [2.24, 2.45) is 5.92 Å². The standard InChI is InChI=1S/C12H18BrNOS/c1-14(6-10-3-2-4-15-8-10)7-12-5-11(13)9-16-12/h5,9-10H,2-4,6-8H2,1H3. The fraction of sp³-hybridized carbons (Fsp3) is 0.667. The van der Waals surface area contributed by atoms with Crippen LogP contribution in [0.4, 0.5) is 0 Å². The molecule has 1 aromatic heterocycles. The van der Waals surface area contributed by atoms with E-state index < -0.39 is 0 Å². The van der Waals surface area contributed by atoms with Gasteiger partial charge in [0.2, 0.25) is 0 Å². The summed E-state index contributed by atoms with van der Waals surface area (Å²) >= 11 is 5.31. The van der Waals surface area contributed by atoms with Gasteiger partial charge in [0, 0.05) is 34.4 Å². The Balaban J connectivity index is 1.77. The van der Waals surface area contributed by atoms with E-state index in [2.05, 4.69) is 39.3 Å². The van der Waals surface area contributed by atoms with Crippen LogP contribution in [0.2, 0.25) is 0 Å². The predicted octanol–water partition coefficient (Wildman–Crippen LogP) is 3.37. The van der Waals surface area contributed by atoms with Crippen LogP contribution in [0, 0.1) is 5.92 Å². The molecule has 1 atom stereocenters. The molecule has 0 bridgehead atoms. The molecule has 1 aromatic rings. The summed E-state index contributed by atoms with van der Waals surface area (Å²) in [5, 5.41) is 2.15. The zero-order valence-electron chi connectivity index (χ0n) is 9.62. The summed E-state index contributed by atoms with van der Waals surface area (Å²) in [5.41, 5.74) is 0. The molecular formula is C12H18BrNOS. The molecular weight excluding hydrogens is 286 g/mol. The van der Waals surface area contributed by atoms with Gasteiger partial charge in [-0.25, -0.2) is 0 Å². The summed E-state index contributed by atoms with van der Waals surface area (Å²) in [5.74, 6) is 0.724. The van der Waals surface area contributed by atoms with Crippen molar-refractivity contribution in [1.29, 1.82) is 0 Å². The van der Waals surface area contributed by atoms with Gasteiger partial charge in [0.05, 0.1) is 6.61 Å². The molecule has 2 heterocycles. The van der Waals surface area contributed by atoms with Gasteiger partial charge < -0.3 is 9.64 Å². The van der Waals surface area contributed by atoms with Crippen molar-refractivity contribution in [2.45, 2.75) is 19.4 Å². The molecule has 1 aliphatic heterocycles. The van der Waals surface area contributed by atoms with Crippen LogP contribution in [-0.2, 0) is 11.3 Å². The Labute approximate surface area is 110 Å². The van der Waals surface area contributed by atoms with Gasteiger partial charge in [-0.05, 0) is 47.8 Å². The number of nitrogens with zero attached hydrogens (tertiary/aromatic N) is 1. The highest BCUT2D eigenvalue weighted by Crippen LogP contribution is 2.22. The van der Waals surface area contributed by atoms with Gasteiger partial charge in [-0.3, -0.25) is 0 Å². The first-order valence-corrected chi connectivity index (χ1v) is 7.40. The summed E-state index contributed by atoms with van der Waals surface area (Å²) in [4.78, 5) is 3.82. The van der Waals surface area contributed by atoms with Crippen molar-refractivity contribution < 1.29 is 4.74 Å². The average molecular weight is 304 g/mol. The minimum absolute atomic E-state index is 0.724. The lowest BCUT2D eigenvalue weighted by atomic mass is 10.0. The Morgan fingerprint density at radius 2 is 2.50 bits per heavy atom. The third-order valence-electron chi connectivity index (χ3n) is 2.87. The van der Waals surface area contributed by atoms with Crippen LogP contribution in [0.5, 0.6) is 0 Å². The lowest BCUT2D eigenvalue weighted by Gasteiger charge is -2.26. The van der Waals surface area contributed by atoms with Gasteiger partial charge in [0.15, 0.2) is 0 Å². The highest BCUT2D eigenvalue weighted by molar-refractivity contribution is 9.10. The summed E-state index contributed by atoms with van der Waals surface area (Å²) in [7, 11) is 2.20. The largest absolute Gasteiger partial charge is 0.381 e. The molecule has 2 rings (SSSR count). The van der Waals surface area contributed by atoms with Gasteiger partial charge in [-0.1, -0.05) is 0 Å². The minimum Gasteiger partial charge on any atom is -0.381 e. The highest BCUT2D eigenvalue weighted by atomic mass is 79.9. The number of halogens is 1. The quantitative estimate of drug-likeness (QED) is 0.845. The number of thiophene rings is 1. The summed E-state index contributed by atoms with van der Waals surface area (Å²) in [6.45, 7) is 4.10. The molecule has 0 spiro atoms. The molecule has 0 saturated carbocycles. The van der Waals surface area contributed by atoms with Crippen LogP contribution < -0.4 is 0 Å².